The van der Waals surface area contributed by atoms with Crippen LogP contribution in [-0.2, 0) is 10.0 Å². The predicted octanol–water partition coefficient (Wildman–Crippen LogP) is 0.747. The Bertz CT molecular complexity index is 540. The lowest BCUT2D eigenvalue weighted by atomic mass is 10.1. The first-order valence-electron chi connectivity index (χ1n) is 5.38. The van der Waals surface area contributed by atoms with Crippen molar-refractivity contribution >= 4 is 21.6 Å². The Kier molecular flexibility index (Phi) is 4.55. The van der Waals surface area contributed by atoms with Gasteiger partial charge in [-0.1, -0.05) is 6.92 Å². The van der Waals surface area contributed by atoms with Crippen molar-refractivity contribution in [3.8, 4) is 5.75 Å². The molecule has 0 heterocycles. The highest BCUT2D eigenvalue weighted by Crippen LogP contribution is 2.19. The van der Waals surface area contributed by atoms with Crippen molar-refractivity contribution in [3.05, 3.63) is 23.8 Å². The first-order valence-corrected chi connectivity index (χ1v) is 7.03. The number of nitrogens with one attached hydrogen (secondary N) is 1. The first kappa shape index (κ1) is 14.3. The molecule has 0 aliphatic rings. The van der Waals surface area contributed by atoms with Gasteiger partial charge in [0.2, 0.25) is 10.0 Å². The summed E-state index contributed by atoms with van der Waals surface area (Å²) in [5.74, 6) is -0.335. The zero-order valence-corrected chi connectivity index (χ0v) is 11.1. The van der Waals surface area contributed by atoms with Gasteiger partial charge < -0.3 is 10.5 Å². The van der Waals surface area contributed by atoms with E-state index < -0.39 is 15.9 Å². The maximum atomic E-state index is 11.7. The van der Waals surface area contributed by atoms with Crippen LogP contribution in [0.15, 0.2) is 18.2 Å². The minimum atomic E-state index is -3.60. The highest BCUT2D eigenvalue weighted by Gasteiger charge is 2.17. The van der Waals surface area contributed by atoms with Gasteiger partial charge in [-0.3, -0.25) is 4.79 Å². The van der Waals surface area contributed by atoms with E-state index in [2.05, 4.69) is 0 Å². The molecule has 0 saturated carbocycles. The third-order valence-electron chi connectivity index (χ3n) is 2.22. The summed E-state index contributed by atoms with van der Waals surface area (Å²) >= 11 is 0. The molecule has 7 heteroatoms. The third kappa shape index (κ3) is 3.63. The largest absolute Gasteiger partial charge is 0.497 e. The average Bonchev–Trinajstić information content (AvgIpc) is 2.27. The van der Waals surface area contributed by atoms with Crippen LogP contribution in [0.4, 0.5) is 5.69 Å². The van der Waals surface area contributed by atoms with Gasteiger partial charge in [-0.25, -0.2) is 13.1 Å². The van der Waals surface area contributed by atoms with E-state index in [4.69, 9.17) is 10.5 Å². The number of nitrogen functional groups attached to an aromatic ring is 1. The fourth-order valence-corrected chi connectivity index (χ4v) is 2.42. The molecule has 0 spiro atoms. The molecule has 0 fully saturated rings. The second-order valence-corrected chi connectivity index (χ2v) is 5.55. The van der Waals surface area contributed by atoms with Crippen molar-refractivity contribution in [2.24, 2.45) is 0 Å². The standard InChI is InChI=1S/C11H16N2O4S/c1-3-6-18(15,16)13-11(14)9-5-4-8(17-2)7-10(9)12/h4-5,7H,3,6,12H2,1-2H3,(H,13,14). The molecule has 1 amide bonds. The summed E-state index contributed by atoms with van der Waals surface area (Å²) in [5.41, 5.74) is 5.93. The van der Waals surface area contributed by atoms with Gasteiger partial charge in [0.1, 0.15) is 5.75 Å². The Morgan fingerprint density at radius 3 is 2.61 bits per heavy atom. The van der Waals surface area contributed by atoms with E-state index >= 15 is 0 Å². The number of amides is 1. The first-order chi connectivity index (χ1) is 8.39. The Hall–Kier alpha value is -1.76. The highest BCUT2D eigenvalue weighted by molar-refractivity contribution is 7.90. The molecule has 0 bridgehead atoms. The second kappa shape index (κ2) is 5.72. The Morgan fingerprint density at radius 1 is 1.44 bits per heavy atom. The number of hydrogen-bond donors (Lipinski definition) is 2. The number of carbonyl (C=O) groups excluding carboxylic acids is 1. The van der Waals surface area contributed by atoms with Crippen molar-refractivity contribution in [1.29, 1.82) is 0 Å². The number of hydrogen-bond acceptors (Lipinski definition) is 5. The summed E-state index contributed by atoms with van der Waals surface area (Å²) in [6.45, 7) is 1.71. The number of sulfonamides is 1. The Morgan fingerprint density at radius 2 is 2.11 bits per heavy atom. The normalized spacial score (nSPS) is 11.0. The SMILES string of the molecule is CCCS(=O)(=O)NC(=O)c1ccc(OC)cc1N. The summed E-state index contributed by atoms with van der Waals surface area (Å²) in [7, 11) is -2.13. The number of benzene rings is 1. The van der Waals surface area contributed by atoms with E-state index in [0.717, 1.165) is 0 Å². The van der Waals surface area contributed by atoms with Gasteiger partial charge in [-0.2, -0.15) is 0 Å². The van der Waals surface area contributed by atoms with Crippen molar-refractivity contribution in [3.63, 3.8) is 0 Å². The summed E-state index contributed by atoms with van der Waals surface area (Å²) in [5, 5.41) is 0. The molecule has 18 heavy (non-hydrogen) atoms. The molecule has 100 valence electrons. The second-order valence-electron chi connectivity index (χ2n) is 3.70. The van der Waals surface area contributed by atoms with E-state index in [0.29, 0.717) is 12.2 Å². The Balaban J connectivity index is 2.92. The van der Waals surface area contributed by atoms with Crippen LogP contribution < -0.4 is 15.2 Å². The molecule has 0 aliphatic heterocycles. The van der Waals surface area contributed by atoms with E-state index in [9.17, 15) is 13.2 Å². The zero-order chi connectivity index (χ0) is 13.8. The van der Waals surface area contributed by atoms with Gasteiger partial charge in [0, 0.05) is 11.8 Å². The van der Waals surface area contributed by atoms with Crippen LogP contribution in [0.5, 0.6) is 5.75 Å². The topological polar surface area (TPSA) is 98.5 Å². The van der Waals surface area contributed by atoms with Gasteiger partial charge >= 0.3 is 0 Å². The maximum Gasteiger partial charge on any atom is 0.266 e. The van der Waals surface area contributed by atoms with Gasteiger partial charge in [0.25, 0.3) is 5.91 Å². The molecule has 0 unspecified atom stereocenters. The van der Waals surface area contributed by atoms with Crippen LogP contribution in [0.2, 0.25) is 0 Å². The minimum Gasteiger partial charge on any atom is -0.497 e. The van der Waals surface area contributed by atoms with E-state index in [1.54, 1.807) is 6.92 Å². The highest BCUT2D eigenvalue weighted by atomic mass is 32.2. The van der Waals surface area contributed by atoms with Crippen LogP contribution in [0.1, 0.15) is 23.7 Å². The lowest BCUT2D eigenvalue weighted by molar-refractivity contribution is 0.0982. The van der Waals surface area contributed by atoms with E-state index in [1.165, 1.54) is 25.3 Å². The van der Waals surface area contributed by atoms with Crippen LogP contribution >= 0.6 is 0 Å². The van der Waals surface area contributed by atoms with Crippen molar-refractivity contribution in [1.82, 2.24) is 4.72 Å². The number of ether oxygens (including phenoxy) is 1. The van der Waals surface area contributed by atoms with Crippen LogP contribution in [0, 0.1) is 0 Å². The average molecular weight is 272 g/mol. The molecule has 0 aliphatic carbocycles. The molecule has 3 N–H and O–H groups in total. The lowest BCUT2D eigenvalue weighted by Gasteiger charge is -2.09. The number of nitrogens with two attached hydrogens (primary N) is 1. The molecule has 1 aromatic rings. The van der Waals surface area contributed by atoms with Gasteiger partial charge in [-0.05, 0) is 18.6 Å². The van der Waals surface area contributed by atoms with Gasteiger partial charge in [-0.15, -0.1) is 0 Å². The molecule has 0 aromatic heterocycles. The molecule has 0 atom stereocenters. The lowest BCUT2D eigenvalue weighted by Crippen LogP contribution is -2.32. The summed E-state index contributed by atoms with van der Waals surface area (Å²) in [6, 6.07) is 4.42. The summed E-state index contributed by atoms with van der Waals surface area (Å²) in [6.07, 6.45) is 0.431. The fourth-order valence-electron chi connectivity index (χ4n) is 1.39. The predicted molar refractivity (Wildman–Crippen MR) is 69.0 cm³/mol. The van der Waals surface area contributed by atoms with Gasteiger partial charge in [0.05, 0.1) is 18.4 Å². The molecule has 6 nitrogen and oxygen atoms in total. The molecule has 0 saturated heterocycles. The van der Waals surface area contributed by atoms with Crippen molar-refractivity contribution < 1.29 is 17.9 Å². The van der Waals surface area contributed by atoms with Crippen LogP contribution in [0.25, 0.3) is 0 Å². The molecule has 1 rings (SSSR count). The quantitative estimate of drug-likeness (QED) is 0.770. The van der Waals surface area contributed by atoms with E-state index in [-0.39, 0.29) is 17.0 Å². The van der Waals surface area contributed by atoms with Crippen molar-refractivity contribution in [2.45, 2.75) is 13.3 Å². The smallest absolute Gasteiger partial charge is 0.266 e. The molecule has 1 aromatic carbocycles. The monoisotopic (exact) mass is 272 g/mol. The van der Waals surface area contributed by atoms with Gasteiger partial charge in [0.15, 0.2) is 0 Å². The molecular weight excluding hydrogens is 256 g/mol. The number of anilines is 1. The molecular formula is C11H16N2O4S. The van der Waals surface area contributed by atoms with E-state index in [1.807, 2.05) is 4.72 Å². The fraction of sp³-hybridized carbons (Fsp3) is 0.364. The summed E-state index contributed by atoms with van der Waals surface area (Å²) < 4.78 is 29.8. The Labute approximate surface area is 106 Å². The third-order valence-corrected chi connectivity index (χ3v) is 3.67. The van der Waals surface area contributed by atoms with Crippen LogP contribution in [0.3, 0.4) is 0 Å². The number of rotatable bonds is 5. The van der Waals surface area contributed by atoms with Crippen LogP contribution in [-0.4, -0.2) is 27.2 Å². The summed E-state index contributed by atoms with van der Waals surface area (Å²) in [4.78, 5) is 11.7. The maximum absolute atomic E-state index is 11.7. The molecule has 0 radical (unpaired) electrons. The number of carbonyl (C=O) groups is 1. The minimum absolute atomic E-state index is 0.102. The number of methoxy groups -OCH3 is 1. The van der Waals surface area contributed by atoms with Crippen molar-refractivity contribution in [2.75, 3.05) is 18.6 Å². The zero-order valence-electron chi connectivity index (χ0n) is 10.3.